The molecule has 2 N–H and O–H groups in total. The Morgan fingerprint density at radius 2 is 1.86 bits per heavy atom. The Morgan fingerprint density at radius 3 is 2.36 bits per heavy atom. The first-order chi connectivity index (χ1) is 12.8. The van der Waals surface area contributed by atoms with Crippen molar-refractivity contribution in [1.82, 2.24) is 9.80 Å². The van der Waals surface area contributed by atoms with Crippen LogP contribution in [0.2, 0.25) is 0 Å². The highest BCUT2D eigenvalue weighted by atomic mass is 35.5. The Bertz CT molecular complexity index is 640. The molecule has 1 heterocycles. The van der Waals surface area contributed by atoms with E-state index in [0.29, 0.717) is 18.8 Å². The van der Waals surface area contributed by atoms with Crippen molar-refractivity contribution in [2.24, 2.45) is 0 Å². The maximum Gasteiger partial charge on any atom is 0.387 e. The van der Waals surface area contributed by atoms with Crippen LogP contribution in [0.25, 0.3) is 0 Å². The number of likely N-dealkylation sites (N-methyl/N-ethyl adjacent to an activating group) is 1. The number of hydrogen-bond donors (Lipinski definition) is 2. The van der Waals surface area contributed by atoms with Gasteiger partial charge in [-0.25, -0.2) is 0 Å². The molecule has 1 aliphatic rings. The van der Waals surface area contributed by atoms with Crippen molar-refractivity contribution in [2.75, 3.05) is 32.0 Å². The average molecular weight is 422 g/mol. The van der Waals surface area contributed by atoms with Gasteiger partial charge in [-0.05, 0) is 51.1 Å². The number of ether oxygens (including phenoxy) is 1. The number of rotatable bonds is 8. The summed E-state index contributed by atoms with van der Waals surface area (Å²) in [5.74, 6) is -1.00. The van der Waals surface area contributed by atoms with E-state index in [-0.39, 0.29) is 42.7 Å². The molecule has 1 unspecified atom stereocenters. The third-order valence-corrected chi connectivity index (χ3v) is 4.78. The number of anilines is 1. The van der Waals surface area contributed by atoms with Crippen molar-refractivity contribution in [1.29, 1.82) is 0 Å². The number of carboxylic acids is 1. The highest BCUT2D eigenvalue weighted by Gasteiger charge is 2.28. The maximum atomic E-state index is 12.4. The lowest BCUT2D eigenvalue weighted by Crippen LogP contribution is -2.50. The van der Waals surface area contributed by atoms with E-state index in [1.165, 1.54) is 24.3 Å². The zero-order chi connectivity index (χ0) is 20.0. The number of piperidine rings is 1. The minimum absolute atomic E-state index is 0. The van der Waals surface area contributed by atoms with Crippen LogP contribution >= 0.6 is 12.4 Å². The van der Waals surface area contributed by atoms with E-state index in [2.05, 4.69) is 15.0 Å². The predicted octanol–water partition coefficient (Wildman–Crippen LogP) is 2.52. The van der Waals surface area contributed by atoms with Crippen molar-refractivity contribution in [2.45, 2.75) is 38.5 Å². The van der Waals surface area contributed by atoms with E-state index in [1.54, 1.807) is 7.05 Å². The Labute approximate surface area is 169 Å². The first-order valence-corrected chi connectivity index (χ1v) is 8.78. The van der Waals surface area contributed by atoms with Gasteiger partial charge in [0, 0.05) is 24.8 Å². The second-order valence-corrected chi connectivity index (χ2v) is 6.64. The summed E-state index contributed by atoms with van der Waals surface area (Å²) in [5.41, 5.74) is 0.504. The largest absolute Gasteiger partial charge is 0.480 e. The molecule has 0 saturated carbocycles. The number of halogens is 3. The van der Waals surface area contributed by atoms with Crippen molar-refractivity contribution in [3.05, 3.63) is 24.3 Å². The molecular formula is C18H26ClF2N3O4. The van der Waals surface area contributed by atoms with Crippen LogP contribution in [-0.4, -0.2) is 72.2 Å². The molecule has 0 radical (unpaired) electrons. The van der Waals surface area contributed by atoms with Gasteiger partial charge in [0.05, 0.1) is 12.6 Å². The van der Waals surface area contributed by atoms with Gasteiger partial charge in [0.15, 0.2) is 0 Å². The van der Waals surface area contributed by atoms with Gasteiger partial charge in [0.2, 0.25) is 5.91 Å². The number of alkyl halides is 2. The van der Waals surface area contributed by atoms with E-state index in [0.717, 1.165) is 12.8 Å². The Hall–Kier alpha value is -1.97. The predicted molar refractivity (Wildman–Crippen MR) is 103 cm³/mol. The molecule has 1 saturated heterocycles. The summed E-state index contributed by atoms with van der Waals surface area (Å²) in [6.07, 6.45) is 1.59. The fraction of sp³-hybridized carbons (Fsp3) is 0.556. The minimum Gasteiger partial charge on any atom is -0.480 e. The molecule has 10 heteroatoms. The van der Waals surface area contributed by atoms with Crippen LogP contribution in [0.3, 0.4) is 0 Å². The molecule has 1 aromatic rings. The molecule has 7 nitrogen and oxygen atoms in total. The summed E-state index contributed by atoms with van der Waals surface area (Å²) in [6.45, 7) is 0.328. The summed E-state index contributed by atoms with van der Waals surface area (Å²) in [5, 5.41) is 11.6. The average Bonchev–Trinajstić information content (AvgIpc) is 2.62. The van der Waals surface area contributed by atoms with Crippen LogP contribution in [0.4, 0.5) is 14.5 Å². The van der Waals surface area contributed by atoms with Crippen molar-refractivity contribution in [3.63, 3.8) is 0 Å². The number of carboxylic acid groups (broad SMARTS) is 1. The highest BCUT2D eigenvalue weighted by Crippen LogP contribution is 2.20. The van der Waals surface area contributed by atoms with E-state index in [4.69, 9.17) is 5.11 Å². The zero-order valence-electron chi connectivity index (χ0n) is 15.8. The number of carbonyl (C=O) groups excluding carboxylic acids is 1. The summed E-state index contributed by atoms with van der Waals surface area (Å²) in [7, 11) is 1.80. The SMILES string of the molecule is CC(C(=O)Nc1ccc(OC(F)F)cc1)N1CCC(N(C)CC(=O)O)CC1.Cl. The standard InChI is InChI=1S/C18H25F2N3O4.ClH/c1-12(23-9-7-14(8-10-23)22(2)11-16(24)25)17(26)21-13-3-5-15(6-4-13)27-18(19)20;/h3-6,12,14,18H,7-11H2,1-2H3,(H,21,26)(H,24,25);1H. The third-order valence-electron chi connectivity index (χ3n) is 4.78. The van der Waals surface area contributed by atoms with Crippen LogP contribution in [0.15, 0.2) is 24.3 Å². The van der Waals surface area contributed by atoms with Crippen molar-refractivity contribution < 1.29 is 28.2 Å². The van der Waals surface area contributed by atoms with Crippen molar-refractivity contribution in [3.8, 4) is 5.75 Å². The normalized spacial score (nSPS) is 16.5. The monoisotopic (exact) mass is 421 g/mol. The van der Waals surface area contributed by atoms with E-state index in [9.17, 15) is 18.4 Å². The Kier molecular flexibility index (Phi) is 9.57. The molecule has 0 aliphatic carbocycles. The molecule has 28 heavy (non-hydrogen) atoms. The second-order valence-electron chi connectivity index (χ2n) is 6.64. The molecule has 0 bridgehead atoms. The van der Waals surface area contributed by atoms with E-state index >= 15 is 0 Å². The first-order valence-electron chi connectivity index (χ1n) is 8.78. The van der Waals surface area contributed by atoms with Gasteiger partial charge in [0.25, 0.3) is 0 Å². The lowest BCUT2D eigenvalue weighted by atomic mass is 10.0. The number of aliphatic carboxylic acids is 1. The highest BCUT2D eigenvalue weighted by molar-refractivity contribution is 5.94. The van der Waals surface area contributed by atoms with Crippen LogP contribution in [-0.2, 0) is 9.59 Å². The first kappa shape index (κ1) is 24.1. The van der Waals surface area contributed by atoms with Crippen LogP contribution in [0, 0.1) is 0 Å². The van der Waals surface area contributed by atoms with E-state index in [1.807, 2.05) is 11.8 Å². The molecular weight excluding hydrogens is 396 g/mol. The van der Waals surface area contributed by atoms with Crippen LogP contribution in [0.5, 0.6) is 5.75 Å². The van der Waals surface area contributed by atoms with Gasteiger partial charge < -0.3 is 15.2 Å². The summed E-state index contributed by atoms with van der Waals surface area (Å²) < 4.78 is 28.6. The molecule has 0 spiro atoms. The summed E-state index contributed by atoms with van der Waals surface area (Å²) in [6, 6.07) is 5.60. The Balaban J connectivity index is 0.00000392. The fourth-order valence-corrected chi connectivity index (χ4v) is 3.19. The van der Waals surface area contributed by atoms with Crippen molar-refractivity contribution >= 4 is 30.0 Å². The number of likely N-dealkylation sites (tertiary alicyclic amines) is 1. The second kappa shape index (κ2) is 11.1. The van der Waals surface area contributed by atoms with Gasteiger partial charge in [-0.1, -0.05) is 0 Å². The molecule has 0 aromatic heterocycles. The van der Waals surface area contributed by atoms with Gasteiger partial charge in [-0.3, -0.25) is 19.4 Å². The smallest absolute Gasteiger partial charge is 0.387 e. The zero-order valence-corrected chi connectivity index (χ0v) is 16.6. The number of amides is 1. The van der Waals surface area contributed by atoms with Gasteiger partial charge in [-0.15, -0.1) is 12.4 Å². The fourth-order valence-electron chi connectivity index (χ4n) is 3.19. The number of carbonyl (C=O) groups is 2. The molecule has 1 aromatic carbocycles. The third kappa shape index (κ3) is 7.21. The number of nitrogens with one attached hydrogen (secondary N) is 1. The van der Waals surface area contributed by atoms with Gasteiger partial charge >= 0.3 is 12.6 Å². The topological polar surface area (TPSA) is 82.1 Å². The quantitative estimate of drug-likeness (QED) is 0.671. The number of nitrogens with zero attached hydrogens (tertiary/aromatic N) is 2. The van der Waals surface area contributed by atoms with Gasteiger partial charge in [-0.2, -0.15) is 8.78 Å². The van der Waals surface area contributed by atoms with Crippen LogP contribution in [0.1, 0.15) is 19.8 Å². The summed E-state index contributed by atoms with van der Waals surface area (Å²) >= 11 is 0. The number of hydrogen-bond acceptors (Lipinski definition) is 5. The minimum atomic E-state index is -2.89. The lowest BCUT2D eigenvalue weighted by molar-refractivity contribution is -0.138. The molecule has 2 rings (SSSR count). The van der Waals surface area contributed by atoms with Crippen LogP contribution < -0.4 is 10.1 Å². The molecule has 1 atom stereocenters. The Morgan fingerprint density at radius 1 is 1.29 bits per heavy atom. The van der Waals surface area contributed by atoms with Gasteiger partial charge in [0.1, 0.15) is 5.75 Å². The molecule has 1 amide bonds. The maximum absolute atomic E-state index is 12.4. The number of benzene rings is 1. The molecule has 158 valence electrons. The lowest BCUT2D eigenvalue weighted by Gasteiger charge is -2.38. The summed E-state index contributed by atoms with van der Waals surface area (Å²) in [4.78, 5) is 27.1. The molecule has 1 fully saturated rings. The molecule has 1 aliphatic heterocycles. The van der Waals surface area contributed by atoms with E-state index < -0.39 is 12.6 Å².